The van der Waals surface area contributed by atoms with E-state index < -0.39 is 5.60 Å². The van der Waals surface area contributed by atoms with Crippen molar-refractivity contribution in [2.75, 3.05) is 13.7 Å². The lowest BCUT2D eigenvalue weighted by Crippen LogP contribution is -2.45. The van der Waals surface area contributed by atoms with Crippen molar-refractivity contribution < 1.29 is 9.84 Å². The largest absolute Gasteiger partial charge is 0.497 e. The molecule has 1 aliphatic rings. The summed E-state index contributed by atoms with van der Waals surface area (Å²) in [5.41, 5.74) is -0.0410. The number of ether oxygens (including phenoxy) is 1. The second-order valence-electron chi connectivity index (χ2n) is 6.22. The fourth-order valence-electron chi connectivity index (χ4n) is 3.34. The van der Waals surface area contributed by atoms with Gasteiger partial charge in [0.25, 0.3) is 0 Å². The van der Waals surface area contributed by atoms with Gasteiger partial charge in [-0.1, -0.05) is 12.1 Å². The number of methoxy groups -OCH3 is 1. The van der Waals surface area contributed by atoms with Gasteiger partial charge in [0.2, 0.25) is 0 Å². The molecule has 1 aliphatic heterocycles. The maximum absolute atomic E-state index is 11.2. The van der Waals surface area contributed by atoms with Crippen LogP contribution in [0.5, 0.6) is 5.75 Å². The van der Waals surface area contributed by atoms with Crippen molar-refractivity contribution in [2.24, 2.45) is 7.05 Å². The molecule has 0 amide bonds. The smallest absolute Gasteiger partial charge is 0.164 e. The van der Waals surface area contributed by atoms with Gasteiger partial charge in [0, 0.05) is 13.1 Å². The molecule has 2 aromatic rings. The number of rotatable bonds is 5. The van der Waals surface area contributed by atoms with Crippen LogP contribution in [0.4, 0.5) is 0 Å². The van der Waals surface area contributed by atoms with Crippen molar-refractivity contribution in [2.45, 2.75) is 38.0 Å². The Balaban J connectivity index is 1.80. The number of hydrogen-bond donors (Lipinski definition) is 1. The maximum Gasteiger partial charge on any atom is 0.164 e. The summed E-state index contributed by atoms with van der Waals surface area (Å²) in [6.07, 6.45) is 2.01. The summed E-state index contributed by atoms with van der Waals surface area (Å²) < 4.78 is 6.87. The lowest BCUT2D eigenvalue weighted by atomic mass is 9.86. The van der Waals surface area contributed by atoms with E-state index in [2.05, 4.69) is 20.4 Å². The predicted octanol–water partition coefficient (Wildman–Crippen LogP) is 1.09. The summed E-state index contributed by atoms with van der Waals surface area (Å²) in [5, 5.41) is 22.8. The number of aryl methyl sites for hydroxylation is 1. The Hall–Kier alpha value is -1.99. The normalized spacial score (nSPS) is 21.3. The van der Waals surface area contributed by atoms with Gasteiger partial charge in [0.1, 0.15) is 11.4 Å². The highest BCUT2D eigenvalue weighted by molar-refractivity contribution is 5.31. The zero-order valence-corrected chi connectivity index (χ0v) is 13.8. The number of benzene rings is 1. The van der Waals surface area contributed by atoms with Gasteiger partial charge < -0.3 is 9.84 Å². The van der Waals surface area contributed by atoms with E-state index in [0.717, 1.165) is 36.5 Å². The molecule has 0 unspecified atom stereocenters. The molecule has 1 saturated heterocycles. The average Bonchev–Trinajstić information content (AvgIpc) is 3.18. The second-order valence-corrected chi connectivity index (χ2v) is 6.22. The SMILES string of the molecule is COc1ccc([C@@](C)(O)[C@H]2CCCN2Cc2nnnn2C)cc1. The fourth-order valence-corrected chi connectivity index (χ4v) is 3.34. The molecule has 1 aromatic heterocycles. The van der Waals surface area contributed by atoms with E-state index in [-0.39, 0.29) is 6.04 Å². The summed E-state index contributed by atoms with van der Waals surface area (Å²) in [6.45, 7) is 3.46. The molecule has 3 rings (SSSR count). The Kier molecular flexibility index (Phi) is 4.32. The molecule has 124 valence electrons. The zero-order chi connectivity index (χ0) is 16.4. The number of nitrogens with zero attached hydrogens (tertiary/aromatic N) is 5. The van der Waals surface area contributed by atoms with Crippen LogP contribution in [0.25, 0.3) is 0 Å². The molecule has 0 aliphatic carbocycles. The molecule has 7 heteroatoms. The van der Waals surface area contributed by atoms with Crippen LogP contribution in [-0.2, 0) is 19.2 Å². The van der Waals surface area contributed by atoms with Crippen molar-refractivity contribution in [3.8, 4) is 5.75 Å². The van der Waals surface area contributed by atoms with Crippen LogP contribution in [0.3, 0.4) is 0 Å². The molecule has 0 spiro atoms. The maximum atomic E-state index is 11.2. The van der Waals surface area contributed by atoms with E-state index in [1.165, 1.54) is 0 Å². The Bertz CT molecular complexity index is 653. The standard InChI is InChI=1S/C16H23N5O2/c1-16(22,12-6-8-13(23-3)9-7-12)14-5-4-10-21(14)11-15-17-18-19-20(15)2/h6-9,14,22H,4-5,10-11H2,1-3H3/t14-,16-/m1/s1. The molecule has 0 bridgehead atoms. The molecule has 0 saturated carbocycles. The molecule has 1 aromatic carbocycles. The first-order valence-corrected chi connectivity index (χ1v) is 7.84. The van der Waals surface area contributed by atoms with Crippen molar-refractivity contribution in [3.63, 3.8) is 0 Å². The number of likely N-dealkylation sites (tertiary alicyclic amines) is 1. The molecular weight excluding hydrogens is 294 g/mol. The highest BCUT2D eigenvalue weighted by Gasteiger charge is 2.40. The third-order valence-corrected chi connectivity index (χ3v) is 4.74. The summed E-state index contributed by atoms with van der Waals surface area (Å²) in [6, 6.07) is 7.66. The van der Waals surface area contributed by atoms with Gasteiger partial charge in [-0.3, -0.25) is 4.90 Å². The molecular formula is C16H23N5O2. The second kappa shape index (κ2) is 6.25. The molecule has 2 heterocycles. The topological polar surface area (TPSA) is 76.3 Å². The first kappa shape index (κ1) is 15.9. The van der Waals surface area contributed by atoms with E-state index in [9.17, 15) is 5.11 Å². The van der Waals surface area contributed by atoms with Crippen molar-refractivity contribution in [1.29, 1.82) is 0 Å². The highest BCUT2D eigenvalue weighted by atomic mass is 16.5. The van der Waals surface area contributed by atoms with Crippen LogP contribution in [0.1, 0.15) is 31.2 Å². The molecule has 1 fully saturated rings. The summed E-state index contributed by atoms with van der Waals surface area (Å²) in [7, 11) is 3.48. The fraction of sp³-hybridized carbons (Fsp3) is 0.562. The third kappa shape index (κ3) is 3.07. The summed E-state index contributed by atoms with van der Waals surface area (Å²) in [4.78, 5) is 2.26. The molecule has 23 heavy (non-hydrogen) atoms. The third-order valence-electron chi connectivity index (χ3n) is 4.74. The monoisotopic (exact) mass is 317 g/mol. The minimum absolute atomic E-state index is 0.0348. The summed E-state index contributed by atoms with van der Waals surface area (Å²) in [5.74, 6) is 1.60. The minimum Gasteiger partial charge on any atom is -0.497 e. The van der Waals surface area contributed by atoms with Crippen LogP contribution in [0.15, 0.2) is 24.3 Å². The van der Waals surface area contributed by atoms with Crippen LogP contribution >= 0.6 is 0 Å². The highest BCUT2D eigenvalue weighted by Crippen LogP contribution is 2.35. The predicted molar refractivity (Wildman–Crippen MR) is 84.8 cm³/mol. The Morgan fingerprint density at radius 3 is 2.70 bits per heavy atom. The van der Waals surface area contributed by atoms with E-state index >= 15 is 0 Å². The van der Waals surface area contributed by atoms with Crippen molar-refractivity contribution in [3.05, 3.63) is 35.7 Å². The van der Waals surface area contributed by atoms with Gasteiger partial charge in [0.05, 0.1) is 13.7 Å². The van der Waals surface area contributed by atoms with Gasteiger partial charge in [0.15, 0.2) is 5.82 Å². The van der Waals surface area contributed by atoms with Gasteiger partial charge in [-0.25, -0.2) is 4.68 Å². The van der Waals surface area contributed by atoms with E-state index in [1.807, 2.05) is 38.2 Å². The first-order valence-electron chi connectivity index (χ1n) is 7.84. The van der Waals surface area contributed by atoms with Crippen LogP contribution in [0, 0.1) is 0 Å². The van der Waals surface area contributed by atoms with E-state index in [0.29, 0.717) is 6.54 Å². The number of aromatic nitrogens is 4. The van der Waals surface area contributed by atoms with E-state index in [4.69, 9.17) is 4.74 Å². The van der Waals surface area contributed by atoms with Crippen LogP contribution in [0.2, 0.25) is 0 Å². The number of hydrogen-bond acceptors (Lipinski definition) is 6. The van der Waals surface area contributed by atoms with Crippen LogP contribution in [-0.4, -0.2) is 49.9 Å². The van der Waals surface area contributed by atoms with Crippen LogP contribution < -0.4 is 4.74 Å². The zero-order valence-electron chi connectivity index (χ0n) is 13.8. The Morgan fingerprint density at radius 1 is 1.35 bits per heavy atom. The lowest BCUT2D eigenvalue weighted by molar-refractivity contribution is -0.0264. The van der Waals surface area contributed by atoms with Gasteiger partial charge in [-0.15, -0.1) is 5.10 Å². The van der Waals surface area contributed by atoms with E-state index in [1.54, 1.807) is 11.8 Å². The Morgan fingerprint density at radius 2 is 2.09 bits per heavy atom. The Labute approximate surface area is 135 Å². The summed E-state index contributed by atoms with van der Waals surface area (Å²) >= 11 is 0. The van der Waals surface area contributed by atoms with Crippen molar-refractivity contribution >= 4 is 0 Å². The van der Waals surface area contributed by atoms with Gasteiger partial charge in [-0.2, -0.15) is 0 Å². The van der Waals surface area contributed by atoms with Crippen molar-refractivity contribution in [1.82, 2.24) is 25.1 Å². The lowest BCUT2D eigenvalue weighted by Gasteiger charge is -2.36. The minimum atomic E-state index is -0.936. The number of tetrazole rings is 1. The molecule has 7 nitrogen and oxygen atoms in total. The van der Waals surface area contributed by atoms with Gasteiger partial charge in [-0.05, 0) is 54.4 Å². The number of aliphatic hydroxyl groups is 1. The first-order chi connectivity index (χ1) is 11.0. The molecule has 2 atom stereocenters. The average molecular weight is 317 g/mol. The molecule has 1 N–H and O–H groups in total. The quantitative estimate of drug-likeness (QED) is 0.889. The van der Waals surface area contributed by atoms with Gasteiger partial charge >= 0.3 is 0 Å². The molecule has 0 radical (unpaired) electrons.